The first kappa shape index (κ1) is 18.8. The number of nitrogen functional groups attached to an aromatic ring is 1. The van der Waals surface area contributed by atoms with E-state index < -0.39 is 0 Å². The molecule has 0 spiro atoms. The Morgan fingerprint density at radius 3 is 2.62 bits per heavy atom. The van der Waals surface area contributed by atoms with E-state index in [0.717, 1.165) is 30.8 Å². The lowest BCUT2D eigenvalue weighted by molar-refractivity contribution is -0.115. The third kappa shape index (κ3) is 4.38. The van der Waals surface area contributed by atoms with E-state index in [-0.39, 0.29) is 11.2 Å². The number of rotatable bonds is 6. The molecule has 1 aliphatic carbocycles. The summed E-state index contributed by atoms with van der Waals surface area (Å²) in [6.07, 6.45) is 6.93. The number of thioether (sulfide) groups is 1. The van der Waals surface area contributed by atoms with Crippen LogP contribution in [0.1, 0.15) is 63.3 Å². The zero-order valence-corrected chi connectivity index (χ0v) is 16.3. The molecule has 0 saturated heterocycles. The van der Waals surface area contributed by atoms with Crippen molar-refractivity contribution in [1.82, 2.24) is 14.9 Å². The second kappa shape index (κ2) is 8.58. The molecule has 0 bridgehead atoms. The Kier molecular flexibility index (Phi) is 6.19. The summed E-state index contributed by atoms with van der Waals surface area (Å²) in [7, 11) is 0. The fourth-order valence-electron chi connectivity index (χ4n) is 3.29. The number of hydrogen-bond acceptors (Lipinski definition) is 5. The van der Waals surface area contributed by atoms with E-state index in [1.807, 2.05) is 31.2 Å². The third-order valence-electron chi connectivity index (χ3n) is 4.94. The van der Waals surface area contributed by atoms with Gasteiger partial charge in [0, 0.05) is 11.6 Å². The molecule has 0 aliphatic heterocycles. The van der Waals surface area contributed by atoms with Crippen LogP contribution in [0.2, 0.25) is 0 Å². The normalized spacial score (nSPS) is 16.4. The minimum absolute atomic E-state index is 0.0681. The maximum absolute atomic E-state index is 12.5. The molecule has 2 aromatic rings. The van der Waals surface area contributed by atoms with Gasteiger partial charge in [0.15, 0.2) is 5.82 Å². The van der Waals surface area contributed by atoms with Crippen molar-refractivity contribution in [3.8, 4) is 0 Å². The number of carbonyl (C=O) groups excluding carboxylic acids is 1. The molecule has 1 aromatic heterocycles. The van der Waals surface area contributed by atoms with Crippen LogP contribution in [0.25, 0.3) is 0 Å². The SMILES string of the molecule is CCc1ccc(NC(=O)[C@H](C)Sc2nnc(C3CCCCC3)n2N)cc1. The van der Waals surface area contributed by atoms with Gasteiger partial charge < -0.3 is 11.2 Å². The summed E-state index contributed by atoms with van der Waals surface area (Å²) in [5.74, 6) is 7.37. The van der Waals surface area contributed by atoms with Crippen LogP contribution in [0, 0.1) is 0 Å². The molecular formula is C19H27N5OS. The lowest BCUT2D eigenvalue weighted by Gasteiger charge is -2.20. The number of hydrogen-bond donors (Lipinski definition) is 2. The van der Waals surface area contributed by atoms with Crippen molar-refractivity contribution in [1.29, 1.82) is 0 Å². The van der Waals surface area contributed by atoms with Gasteiger partial charge in [-0.25, -0.2) is 4.68 Å². The summed E-state index contributed by atoms with van der Waals surface area (Å²) < 4.78 is 1.57. The summed E-state index contributed by atoms with van der Waals surface area (Å²) in [5, 5.41) is 11.7. The molecule has 0 radical (unpaired) electrons. The van der Waals surface area contributed by atoms with Crippen LogP contribution in [-0.4, -0.2) is 26.0 Å². The number of aryl methyl sites for hydroxylation is 1. The molecule has 140 valence electrons. The van der Waals surface area contributed by atoms with Crippen LogP contribution in [0.15, 0.2) is 29.4 Å². The number of anilines is 1. The first-order valence-electron chi connectivity index (χ1n) is 9.35. The Labute approximate surface area is 158 Å². The molecule has 26 heavy (non-hydrogen) atoms. The first-order chi connectivity index (χ1) is 12.6. The monoisotopic (exact) mass is 373 g/mol. The molecule has 1 heterocycles. The van der Waals surface area contributed by atoms with E-state index in [1.54, 1.807) is 4.68 Å². The molecule has 3 N–H and O–H groups in total. The third-order valence-corrected chi connectivity index (χ3v) is 6.00. The Morgan fingerprint density at radius 2 is 1.96 bits per heavy atom. The van der Waals surface area contributed by atoms with Gasteiger partial charge in [-0.3, -0.25) is 4.79 Å². The van der Waals surface area contributed by atoms with Crippen LogP contribution in [-0.2, 0) is 11.2 Å². The van der Waals surface area contributed by atoms with Crippen LogP contribution < -0.4 is 11.2 Å². The molecule has 0 unspecified atom stereocenters. The number of nitrogens with one attached hydrogen (secondary N) is 1. The number of amides is 1. The standard InChI is InChI=1S/C19H27N5OS/c1-3-14-9-11-16(12-10-14)21-18(25)13(2)26-19-23-22-17(24(19)20)15-7-5-4-6-8-15/h9-13,15H,3-8,20H2,1-2H3,(H,21,25)/t13-/m0/s1. The highest BCUT2D eigenvalue weighted by Crippen LogP contribution is 2.32. The molecule has 7 heteroatoms. The Morgan fingerprint density at radius 1 is 1.27 bits per heavy atom. The van der Waals surface area contributed by atoms with E-state index >= 15 is 0 Å². The lowest BCUT2D eigenvalue weighted by Crippen LogP contribution is -2.24. The van der Waals surface area contributed by atoms with Crippen LogP contribution >= 0.6 is 11.8 Å². The average molecular weight is 374 g/mol. The predicted octanol–water partition coefficient (Wildman–Crippen LogP) is 3.72. The summed E-state index contributed by atoms with van der Waals surface area (Å²) in [6, 6.07) is 7.92. The van der Waals surface area contributed by atoms with Crippen LogP contribution in [0.4, 0.5) is 5.69 Å². The molecule has 1 aliphatic rings. The second-order valence-electron chi connectivity index (χ2n) is 6.85. The van der Waals surface area contributed by atoms with Crippen molar-refractivity contribution >= 4 is 23.4 Å². The number of nitrogens with zero attached hydrogens (tertiary/aromatic N) is 3. The smallest absolute Gasteiger partial charge is 0.237 e. The van der Waals surface area contributed by atoms with Gasteiger partial charge in [0.25, 0.3) is 0 Å². The molecular weight excluding hydrogens is 346 g/mol. The van der Waals surface area contributed by atoms with E-state index in [0.29, 0.717) is 11.1 Å². The van der Waals surface area contributed by atoms with Crippen molar-refractivity contribution < 1.29 is 4.79 Å². The summed E-state index contributed by atoms with van der Waals surface area (Å²) >= 11 is 1.34. The highest BCUT2D eigenvalue weighted by atomic mass is 32.2. The molecule has 1 amide bonds. The number of benzene rings is 1. The van der Waals surface area contributed by atoms with Crippen molar-refractivity contribution in [2.24, 2.45) is 0 Å². The van der Waals surface area contributed by atoms with E-state index in [9.17, 15) is 4.79 Å². The van der Waals surface area contributed by atoms with E-state index in [4.69, 9.17) is 5.84 Å². The fraction of sp³-hybridized carbons (Fsp3) is 0.526. The fourth-order valence-corrected chi connectivity index (χ4v) is 4.06. The average Bonchev–Trinajstić information content (AvgIpc) is 3.03. The molecule has 1 fully saturated rings. The maximum Gasteiger partial charge on any atom is 0.237 e. The van der Waals surface area contributed by atoms with Crippen LogP contribution in [0.3, 0.4) is 0 Å². The first-order valence-corrected chi connectivity index (χ1v) is 10.2. The van der Waals surface area contributed by atoms with E-state index in [1.165, 1.54) is 36.6 Å². The number of nitrogens with two attached hydrogens (primary N) is 1. The van der Waals surface area contributed by atoms with Gasteiger partial charge in [0.05, 0.1) is 5.25 Å². The molecule has 1 atom stereocenters. The van der Waals surface area contributed by atoms with Gasteiger partial charge in [0.2, 0.25) is 11.1 Å². The quantitative estimate of drug-likeness (QED) is 0.595. The molecule has 6 nitrogen and oxygen atoms in total. The zero-order valence-electron chi connectivity index (χ0n) is 15.4. The van der Waals surface area contributed by atoms with Crippen molar-refractivity contribution in [2.45, 2.75) is 68.7 Å². The Balaban J connectivity index is 1.60. The Hall–Kier alpha value is -2.02. The van der Waals surface area contributed by atoms with E-state index in [2.05, 4.69) is 22.4 Å². The van der Waals surface area contributed by atoms with Crippen LogP contribution in [0.5, 0.6) is 0 Å². The van der Waals surface area contributed by atoms with Gasteiger partial charge in [0.1, 0.15) is 0 Å². The number of carbonyl (C=O) groups is 1. The topological polar surface area (TPSA) is 85.8 Å². The Bertz CT molecular complexity index is 737. The van der Waals surface area contributed by atoms with Gasteiger partial charge in [-0.2, -0.15) is 0 Å². The minimum Gasteiger partial charge on any atom is -0.336 e. The summed E-state index contributed by atoms with van der Waals surface area (Å²) in [4.78, 5) is 12.5. The number of aromatic nitrogens is 3. The lowest BCUT2D eigenvalue weighted by atomic mass is 9.89. The van der Waals surface area contributed by atoms with Crippen molar-refractivity contribution in [3.05, 3.63) is 35.7 Å². The zero-order chi connectivity index (χ0) is 18.5. The molecule has 1 saturated carbocycles. The van der Waals surface area contributed by atoms with Gasteiger partial charge in [-0.05, 0) is 43.9 Å². The van der Waals surface area contributed by atoms with Gasteiger partial charge in [-0.1, -0.05) is 50.1 Å². The van der Waals surface area contributed by atoms with Gasteiger partial charge in [-0.15, -0.1) is 10.2 Å². The second-order valence-corrected chi connectivity index (χ2v) is 8.15. The molecule has 3 rings (SSSR count). The van der Waals surface area contributed by atoms with Crippen molar-refractivity contribution in [2.75, 3.05) is 11.2 Å². The minimum atomic E-state index is -0.313. The summed E-state index contributed by atoms with van der Waals surface area (Å²) in [5.41, 5.74) is 2.05. The maximum atomic E-state index is 12.5. The largest absolute Gasteiger partial charge is 0.336 e. The summed E-state index contributed by atoms with van der Waals surface area (Å²) in [6.45, 7) is 3.96. The highest BCUT2D eigenvalue weighted by molar-refractivity contribution is 8.00. The highest BCUT2D eigenvalue weighted by Gasteiger charge is 2.24. The van der Waals surface area contributed by atoms with Crippen molar-refractivity contribution in [3.63, 3.8) is 0 Å². The predicted molar refractivity (Wildman–Crippen MR) is 106 cm³/mol. The molecule has 1 aromatic carbocycles. The van der Waals surface area contributed by atoms with Gasteiger partial charge >= 0.3 is 0 Å².